The summed E-state index contributed by atoms with van der Waals surface area (Å²) in [5.74, 6) is -0.932. The Kier molecular flexibility index (Phi) is 4.83. The zero-order valence-corrected chi connectivity index (χ0v) is 13.0. The minimum Gasteiger partial charge on any atom is -0.349 e. The fraction of sp³-hybridized carbons (Fsp3) is 0.267. The van der Waals surface area contributed by atoms with Gasteiger partial charge in [0.15, 0.2) is 0 Å². The number of aryl methyl sites for hydroxylation is 1. The number of hydrogen-bond donors (Lipinski definition) is 2. The molecule has 2 nitrogen and oxygen atoms in total. The van der Waals surface area contributed by atoms with Crippen LogP contribution >= 0.6 is 24.0 Å². The average molecular weight is 309 g/mol. The molecule has 1 atom stereocenters. The average Bonchev–Trinajstić information content (AvgIpc) is 2.77. The van der Waals surface area contributed by atoms with E-state index in [9.17, 15) is 9.18 Å². The number of amides is 1. The number of carbonyl (C=O) groups excluding carboxylic acids is 1. The maximum absolute atomic E-state index is 13.6. The topological polar surface area (TPSA) is 29.1 Å². The van der Waals surface area contributed by atoms with Gasteiger partial charge in [0, 0.05) is 27.1 Å². The van der Waals surface area contributed by atoms with Gasteiger partial charge in [0.05, 0.1) is 5.56 Å². The summed E-state index contributed by atoms with van der Waals surface area (Å²) in [6.07, 6.45) is 0.742. The smallest absolute Gasteiger partial charge is 0.254 e. The Morgan fingerprint density at radius 3 is 2.80 bits per heavy atom. The van der Waals surface area contributed by atoms with Gasteiger partial charge in [-0.05, 0) is 44.2 Å². The highest BCUT2D eigenvalue weighted by atomic mass is 32.1. The van der Waals surface area contributed by atoms with Crippen molar-refractivity contribution in [1.82, 2.24) is 5.32 Å². The van der Waals surface area contributed by atoms with Crippen molar-refractivity contribution in [3.63, 3.8) is 0 Å². The summed E-state index contributed by atoms with van der Waals surface area (Å²) < 4.78 is 13.6. The predicted octanol–water partition coefficient (Wildman–Crippen LogP) is 3.85. The van der Waals surface area contributed by atoms with Crippen LogP contribution in [0.1, 0.15) is 27.0 Å². The predicted molar refractivity (Wildman–Crippen MR) is 83.3 cm³/mol. The second-order valence-corrected chi connectivity index (χ2v) is 6.64. The van der Waals surface area contributed by atoms with Crippen molar-refractivity contribution in [2.45, 2.75) is 31.2 Å². The van der Waals surface area contributed by atoms with Crippen molar-refractivity contribution >= 4 is 29.9 Å². The molecule has 1 aromatic heterocycles. The van der Waals surface area contributed by atoms with E-state index in [1.54, 1.807) is 11.3 Å². The molecule has 0 aliphatic rings. The zero-order chi connectivity index (χ0) is 14.7. The Morgan fingerprint density at radius 2 is 2.15 bits per heavy atom. The quantitative estimate of drug-likeness (QED) is 0.825. The van der Waals surface area contributed by atoms with Crippen LogP contribution in [-0.4, -0.2) is 11.9 Å². The highest BCUT2D eigenvalue weighted by Gasteiger charge is 2.15. The number of benzene rings is 1. The number of rotatable bonds is 4. The summed E-state index contributed by atoms with van der Waals surface area (Å²) in [5, 5.41) is 2.82. The summed E-state index contributed by atoms with van der Waals surface area (Å²) in [7, 11) is 0. The van der Waals surface area contributed by atoms with Gasteiger partial charge in [-0.25, -0.2) is 4.39 Å². The number of halogens is 1. The molecule has 1 N–H and O–H groups in total. The number of thiophene rings is 1. The van der Waals surface area contributed by atoms with Gasteiger partial charge < -0.3 is 5.32 Å². The van der Waals surface area contributed by atoms with Crippen molar-refractivity contribution in [3.05, 3.63) is 51.5 Å². The first-order valence-electron chi connectivity index (χ1n) is 6.30. The van der Waals surface area contributed by atoms with Crippen molar-refractivity contribution < 1.29 is 9.18 Å². The molecule has 5 heteroatoms. The van der Waals surface area contributed by atoms with Gasteiger partial charge in [0.1, 0.15) is 5.82 Å². The molecule has 0 aliphatic heterocycles. The molecule has 1 unspecified atom stereocenters. The van der Waals surface area contributed by atoms with E-state index in [4.69, 9.17) is 0 Å². The van der Waals surface area contributed by atoms with Crippen LogP contribution in [0.25, 0.3) is 0 Å². The van der Waals surface area contributed by atoms with Crippen LogP contribution in [0.5, 0.6) is 0 Å². The van der Waals surface area contributed by atoms with E-state index in [-0.39, 0.29) is 11.6 Å². The van der Waals surface area contributed by atoms with E-state index in [2.05, 4.69) is 30.1 Å². The van der Waals surface area contributed by atoms with Gasteiger partial charge in [0.2, 0.25) is 0 Å². The van der Waals surface area contributed by atoms with Crippen molar-refractivity contribution in [3.8, 4) is 0 Å². The first-order chi connectivity index (χ1) is 9.45. The van der Waals surface area contributed by atoms with E-state index in [0.29, 0.717) is 4.90 Å². The van der Waals surface area contributed by atoms with Crippen molar-refractivity contribution in [1.29, 1.82) is 0 Å². The van der Waals surface area contributed by atoms with Crippen LogP contribution in [0.3, 0.4) is 0 Å². The molecule has 0 radical (unpaired) electrons. The van der Waals surface area contributed by atoms with Crippen LogP contribution in [-0.2, 0) is 6.42 Å². The van der Waals surface area contributed by atoms with Gasteiger partial charge in [0.25, 0.3) is 5.91 Å². The molecule has 1 heterocycles. The Hall–Kier alpha value is -1.33. The second kappa shape index (κ2) is 6.41. The molecule has 106 valence electrons. The Balaban J connectivity index is 2.02. The fourth-order valence-electron chi connectivity index (χ4n) is 1.94. The maximum Gasteiger partial charge on any atom is 0.254 e. The molecule has 1 amide bonds. The van der Waals surface area contributed by atoms with E-state index in [0.717, 1.165) is 6.42 Å². The number of hydrogen-bond acceptors (Lipinski definition) is 3. The summed E-state index contributed by atoms with van der Waals surface area (Å²) in [6.45, 7) is 3.96. The minimum absolute atomic E-state index is 0.0340. The SMILES string of the molecule is Cc1ccc(CC(C)NC(=O)c2cc(S)ccc2F)s1. The molecule has 0 bridgehead atoms. The van der Waals surface area contributed by atoms with Gasteiger partial charge >= 0.3 is 0 Å². The highest BCUT2D eigenvalue weighted by molar-refractivity contribution is 7.80. The lowest BCUT2D eigenvalue weighted by molar-refractivity contribution is 0.0936. The van der Waals surface area contributed by atoms with E-state index in [1.807, 2.05) is 13.8 Å². The van der Waals surface area contributed by atoms with Gasteiger partial charge in [-0.1, -0.05) is 0 Å². The third kappa shape index (κ3) is 3.84. The maximum atomic E-state index is 13.6. The molecule has 20 heavy (non-hydrogen) atoms. The lowest BCUT2D eigenvalue weighted by atomic mass is 10.1. The van der Waals surface area contributed by atoms with Crippen molar-refractivity contribution in [2.24, 2.45) is 0 Å². The van der Waals surface area contributed by atoms with Crippen LogP contribution in [0.15, 0.2) is 35.2 Å². The standard InChI is InChI=1S/C15H16FNOS2/c1-9(7-12-5-3-10(2)20-12)17-15(18)13-8-11(19)4-6-14(13)16/h3-6,8-9,19H,7H2,1-2H3,(H,17,18). The summed E-state index contributed by atoms with van der Waals surface area (Å²) >= 11 is 5.83. The largest absolute Gasteiger partial charge is 0.349 e. The molecular formula is C15H16FNOS2. The Labute approximate surface area is 127 Å². The third-order valence-electron chi connectivity index (χ3n) is 2.88. The molecule has 0 spiro atoms. The van der Waals surface area contributed by atoms with E-state index < -0.39 is 11.7 Å². The van der Waals surface area contributed by atoms with Gasteiger partial charge in [-0.2, -0.15) is 0 Å². The van der Waals surface area contributed by atoms with Crippen LogP contribution in [0.4, 0.5) is 4.39 Å². The third-order valence-corrected chi connectivity index (χ3v) is 4.18. The number of nitrogens with one attached hydrogen (secondary N) is 1. The van der Waals surface area contributed by atoms with Crippen LogP contribution in [0, 0.1) is 12.7 Å². The van der Waals surface area contributed by atoms with Crippen LogP contribution in [0.2, 0.25) is 0 Å². The number of carbonyl (C=O) groups is 1. The van der Waals surface area contributed by atoms with Gasteiger partial charge in [-0.3, -0.25) is 4.79 Å². The zero-order valence-electron chi connectivity index (χ0n) is 11.3. The first kappa shape index (κ1) is 15.1. The van der Waals surface area contributed by atoms with Gasteiger partial charge in [-0.15, -0.1) is 24.0 Å². The van der Waals surface area contributed by atoms with E-state index in [1.165, 1.54) is 28.0 Å². The molecule has 2 rings (SSSR count). The Bertz CT molecular complexity index is 624. The Morgan fingerprint density at radius 1 is 1.40 bits per heavy atom. The normalized spacial score (nSPS) is 12.2. The molecule has 0 aliphatic carbocycles. The first-order valence-corrected chi connectivity index (χ1v) is 7.57. The highest BCUT2D eigenvalue weighted by Crippen LogP contribution is 2.17. The fourth-order valence-corrected chi connectivity index (χ4v) is 3.16. The van der Waals surface area contributed by atoms with Crippen molar-refractivity contribution in [2.75, 3.05) is 0 Å². The minimum atomic E-state index is -0.528. The lowest BCUT2D eigenvalue weighted by Gasteiger charge is -2.13. The molecular weight excluding hydrogens is 293 g/mol. The summed E-state index contributed by atoms with van der Waals surface area (Å²) in [6, 6.07) is 8.27. The molecule has 0 fully saturated rings. The summed E-state index contributed by atoms with van der Waals surface area (Å²) in [5.41, 5.74) is 0.0340. The van der Waals surface area contributed by atoms with Crippen LogP contribution < -0.4 is 5.32 Å². The monoisotopic (exact) mass is 309 g/mol. The molecule has 1 aromatic carbocycles. The molecule has 0 saturated heterocycles. The molecule has 2 aromatic rings. The second-order valence-electron chi connectivity index (χ2n) is 4.76. The number of thiol groups is 1. The van der Waals surface area contributed by atoms with E-state index >= 15 is 0 Å². The lowest BCUT2D eigenvalue weighted by Crippen LogP contribution is -2.34. The molecule has 0 saturated carbocycles. The summed E-state index contributed by atoms with van der Waals surface area (Å²) in [4.78, 5) is 15.1.